The fraction of sp³-hybridized carbons (Fsp3) is 1.00. The Kier molecular flexibility index (Phi) is 1.12. The van der Waals surface area contributed by atoms with Gasteiger partial charge in [-0.15, -0.1) is 0 Å². The molecule has 2 fully saturated rings. The zero-order valence-corrected chi connectivity index (χ0v) is 5.54. The van der Waals surface area contributed by atoms with Crippen LogP contribution in [0.1, 0.15) is 25.7 Å². The van der Waals surface area contributed by atoms with Gasteiger partial charge in [0.1, 0.15) is 0 Å². The summed E-state index contributed by atoms with van der Waals surface area (Å²) >= 11 is 0. The lowest BCUT2D eigenvalue weighted by molar-refractivity contribution is -0.657. The molecule has 0 amide bonds. The molecule has 4 heteroatoms. The van der Waals surface area contributed by atoms with Crippen LogP contribution >= 0.6 is 0 Å². The third kappa shape index (κ3) is 0.594. The molecule has 58 valence electrons. The highest BCUT2D eigenvalue weighted by Crippen LogP contribution is 2.46. The van der Waals surface area contributed by atoms with E-state index in [1.165, 1.54) is 0 Å². The molecule has 2 atom stereocenters. The number of fused-ring (bicyclic) bond motifs is 1. The van der Waals surface area contributed by atoms with Crippen molar-refractivity contribution in [3.05, 3.63) is 0 Å². The molecule has 1 aliphatic carbocycles. The average molecular weight is 146 g/mol. The summed E-state index contributed by atoms with van der Waals surface area (Å²) in [4.78, 5) is 8.86. The second kappa shape index (κ2) is 1.71. The van der Waals surface area contributed by atoms with Crippen molar-refractivity contribution in [1.82, 2.24) is 0 Å². The van der Waals surface area contributed by atoms with Crippen molar-refractivity contribution in [3.8, 4) is 0 Å². The number of aliphatic hydroxyl groups is 2. The predicted molar refractivity (Wildman–Crippen MR) is 30.5 cm³/mol. The molecule has 0 aromatic rings. The van der Waals surface area contributed by atoms with Gasteiger partial charge < -0.3 is 10.2 Å². The Morgan fingerprint density at radius 3 is 1.50 bits per heavy atom. The molecule has 1 saturated heterocycles. The SMILES string of the molecule is OC12CCCCC1(O)OO2. The Balaban J connectivity index is 2.17. The Labute approximate surface area is 58.3 Å². The minimum absolute atomic E-state index is 0.462. The average Bonchev–Trinajstić information content (AvgIpc) is 1.92. The maximum Gasteiger partial charge on any atom is 0.256 e. The third-order valence-electron chi connectivity index (χ3n) is 2.21. The van der Waals surface area contributed by atoms with Crippen LogP contribution in [0.25, 0.3) is 0 Å². The van der Waals surface area contributed by atoms with Gasteiger partial charge in [-0.05, 0) is 12.8 Å². The van der Waals surface area contributed by atoms with Crippen molar-refractivity contribution in [1.29, 1.82) is 0 Å². The number of rotatable bonds is 0. The van der Waals surface area contributed by atoms with Gasteiger partial charge >= 0.3 is 0 Å². The summed E-state index contributed by atoms with van der Waals surface area (Å²) in [7, 11) is 0. The first kappa shape index (κ1) is 6.54. The smallest absolute Gasteiger partial charge is 0.256 e. The molecule has 0 aromatic heterocycles. The lowest BCUT2D eigenvalue weighted by Gasteiger charge is -2.51. The van der Waals surface area contributed by atoms with Gasteiger partial charge in [-0.25, -0.2) is 0 Å². The van der Waals surface area contributed by atoms with Gasteiger partial charge in [-0.2, -0.15) is 9.78 Å². The van der Waals surface area contributed by atoms with Crippen molar-refractivity contribution >= 4 is 0 Å². The van der Waals surface area contributed by atoms with Crippen LogP contribution in [0.3, 0.4) is 0 Å². The van der Waals surface area contributed by atoms with E-state index in [1.54, 1.807) is 0 Å². The number of hydrogen-bond acceptors (Lipinski definition) is 4. The fourth-order valence-electron chi connectivity index (χ4n) is 1.44. The zero-order valence-electron chi connectivity index (χ0n) is 5.54. The topological polar surface area (TPSA) is 58.9 Å². The van der Waals surface area contributed by atoms with Crippen molar-refractivity contribution in [2.24, 2.45) is 0 Å². The van der Waals surface area contributed by atoms with Gasteiger partial charge in [0.2, 0.25) is 0 Å². The lowest BCUT2D eigenvalue weighted by atomic mass is 9.87. The minimum atomic E-state index is -1.41. The highest BCUT2D eigenvalue weighted by Gasteiger charge is 2.64. The molecular formula is C6H10O4. The van der Waals surface area contributed by atoms with Crippen LogP contribution < -0.4 is 0 Å². The van der Waals surface area contributed by atoms with Crippen LogP contribution in [-0.2, 0) is 9.78 Å². The highest BCUT2D eigenvalue weighted by atomic mass is 17.3. The van der Waals surface area contributed by atoms with Crippen molar-refractivity contribution < 1.29 is 20.0 Å². The van der Waals surface area contributed by atoms with Crippen LogP contribution in [0.4, 0.5) is 0 Å². The maximum atomic E-state index is 9.39. The van der Waals surface area contributed by atoms with Gasteiger partial charge in [0.25, 0.3) is 11.6 Å². The summed E-state index contributed by atoms with van der Waals surface area (Å²) in [6.45, 7) is 0. The molecule has 10 heavy (non-hydrogen) atoms. The van der Waals surface area contributed by atoms with Gasteiger partial charge in [0, 0.05) is 12.8 Å². The van der Waals surface area contributed by atoms with E-state index in [9.17, 15) is 10.2 Å². The van der Waals surface area contributed by atoms with Crippen LogP contribution in [-0.4, -0.2) is 21.8 Å². The molecule has 0 radical (unpaired) electrons. The molecule has 1 aliphatic heterocycles. The first-order valence-corrected chi connectivity index (χ1v) is 3.48. The normalized spacial score (nSPS) is 53.4. The van der Waals surface area contributed by atoms with Gasteiger partial charge in [-0.3, -0.25) is 0 Å². The van der Waals surface area contributed by atoms with E-state index in [4.69, 9.17) is 0 Å². The highest BCUT2D eigenvalue weighted by molar-refractivity contribution is 4.92. The Bertz CT molecular complexity index is 142. The van der Waals surface area contributed by atoms with Crippen LogP contribution in [0.15, 0.2) is 0 Å². The molecule has 0 aromatic carbocycles. The summed E-state index contributed by atoms with van der Waals surface area (Å²) in [5, 5.41) is 18.8. The van der Waals surface area contributed by atoms with E-state index in [-0.39, 0.29) is 0 Å². The van der Waals surface area contributed by atoms with E-state index in [1.807, 2.05) is 0 Å². The Morgan fingerprint density at radius 1 is 0.900 bits per heavy atom. The molecule has 1 heterocycles. The summed E-state index contributed by atoms with van der Waals surface area (Å²) < 4.78 is 0. The van der Waals surface area contributed by atoms with Crippen molar-refractivity contribution in [3.63, 3.8) is 0 Å². The summed E-state index contributed by atoms with van der Waals surface area (Å²) in [5.41, 5.74) is 0. The molecule has 1 saturated carbocycles. The van der Waals surface area contributed by atoms with E-state index in [0.29, 0.717) is 12.8 Å². The molecule has 2 rings (SSSR count). The molecule has 2 unspecified atom stereocenters. The second-order valence-corrected chi connectivity index (χ2v) is 2.94. The predicted octanol–water partition coefficient (Wildman–Crippen LogP) is -0.101. The Morgan fingerprint density at radius 2 is 1.30 bits per heavy atom. The minimum Gasteiger partial charge on any atom is -0.359 e. The van der Waals surface area contributed by atoms with Gasteiger partial charge in [0.15, 0.2) is 0 Å². The quantitative estimate of drug-likeness (QED) is 0.468. The summed E-state index contributed by atoms with van der Waals surface area (Å²) in [6, 6.07) is 0. The van der Waals surface area contributed by atoms with Crippen LogP contribution in [0.2, 0.25) is 0 Å². The standard InChI is InChI=1S/C6H10O4/c7-5-3-1-2-4-6(5,8)10-9-5/h7-8H,1-4H2. The Hall–Kier alpha value is -0.160. The second-order valence-electron chi connectivity index (χ2n) is 2.94. The number of hydrogen-bond donors (Lipinski definition) is 2. The molecule has 4 nitrogen and oxygen atoms in total. The summed E-state index contributed by atoms with van der Waals surface area (Å²) in [6.07, 6.45) is 2.68. The molecule has 0 spiro atoms. The van der Waals surface area contributed by atoms with E-state index in [2.05, 4.69) is 9.78 Å². The van der Waals surface area contributed by atoms with Crippen LogP contribution in [0, 0.1) is 0 Å². The molecule has 2 aliphatic rings. The monoisotopic (exact) mass is 146 g/mol. The first-order valence-electron chi connectivity index (χ1n) is 3.48. The first-order chi connectivity index (χ1) is 4.66. The van der Waals surface area contributed by atoms with Gasteiger partial charge in [0.05, 0.1) is 0 Å². The summed E-state index contributed by atoms with van der Waals surface area (Å²) in [5.74, 6) is -2.82. The largest absolute Gasteiger partial charge is 0.359 e. The zero-order chi connectivity index (χ0) is 7.24. The fourth-order valence-corrected chi connectivity index (χ4v) is 1.44. The van der Waals surface area contributed by atoms with Crippen molar-refractivity contribution in [2.45, 2.75) is 37.3 Å². The third-order valence-corrected chi connectivity index (χ3v) is 2.21. The van der Waals surface area contributed by atoms with Crippen molar-refractivity contribution in [2.75, 3.05) is 0 Å². The molecule has 0 bridgehead atoms. The lowest BCUT2D eigenvalue weighted by Crippen LogP contribution is -2.68. The maximum absolute atomic E-state index is 9.39. The van der Waals surface area contributed by atoms with Crippen LogP contribution in [0.5, 0.6) is 0 Å². The van der Waals surface area contributed by atoms with Gasteiger partial charge in [-0.1, -0.05) is 0 Å². The van der Waals surface area contributed by atoms with E-state index >= 15 is 0 Å². The molecule has 2 N–H and O–H groups in total. The molecular weight excluding hydrogens is 136 g/mol. The van der Waals surface area contributed by atoms with E-state index in [0.717, 1.165) is 12.8 Å². The van der Waals surface area contributed by atoms with E-state index < -0.39 is 11.6 Å².